The maximum Gasteiger partial charge on any atom is 0.343 e. The number of carbonyl (C=O) groups excluding carboxylic acids is 1. The molecule has 194 valence electrons. The summed E-state index contributed by atoms with van der Waals surface area (Å²) in [5.41, 5.74) is 1.02. The normalized spacial score (nSPS) is 13.8. The molecule has 0 radical (unpaired) electrons. The number of hydrogen-bond acceptors (Lipinski definition) is 7. The molecule has 2 aromatic heterocycles. The maximum atomic E-state index is 12.9. The van der Waals surface area contributed by atoms with Gasteiger partial charge in [0.1, 0.15) is 11.4 Å². The van der Waals surface area contributed by atoms with Crippen molar-refractivity contribution in [2.24, 2.45) is 0 Å². The van der Waals surface area contributed by atoms with Crippen LogP contribution in [0.3, 0.4) is 0 Å². The lowest BCUT2D eigenvalue weighted by Crippen LogP contribution is -2.25. The van der Waals surface area contributed by atoms with Crippen molar-refractivity contribution in [2.75, 3.05) is 31.7 Å². The molecule has 0 atom stereocenters. The molecule has 1 aliphatic heterocycles. The van der Waals surface area contributed by atoms with Crippen LogP contribution in [0.15, 0.2) is 17.2 Å². The number of pyridine rings is 2. The van der Waals surface area contributed by atoms with Crippen LogP contribution in [0, 0.1) is 0 Å². The van der Waals surface area contributed by atoms with Gasteiger partial charge in [0.05, 0.1) is 24.1 Å². The third-order valence-electron chi connectivity index (χ3n) is 5.14. The van der Waals surface area contributed by atoms with Gasteiger partial charge in [-0.3, -0.25) is 4.79 Å². The van der Waals surface area contributed by atoms with Gasteiger partial charge in [0.15, 0.2) is 0 Å². The lowest BCUT2D eigenvalue weighted by atomic mass is 10.1. The van der Waals surface area contributed by atoms with Crippen molar-refractivity contribution in [1.82, 2.24) is 9.55 Å². The molecule has 1 aliphatic carbocycles. The van der Waals surface area contributed by atoms with Crippen LogP contribution in [-0.2, 0) is 11.3 Å². The molecule has 2 aromatic rings. The first-order valence-electron chi connectivity index (χ1n) is 12.7. The highest BCUT2D eigenvalue weighted by Gasteiger charge is 2.30. The fraction of sp³-hybridized carbons (Fsp3) is 0.654. The number of esters is 1. The SMILES string of the molecule is CC.CC.CC.CCOC(=O)c1cn(C2CC2)c2c(CO)c(N3CCCC3)ncc2c1=O.CO. The van der Waals surface area contributed by atoms with Crippen molar-refractivity contribution in [3.63, 3.8) is 0 Å². The number of anilines is 1. The Morgan fingerprint density at radius 1 is 1.09 bits per heavy atom. The molecular formula is C26H45N3O5. The van der Waals surface area contributed by atoms with E-state index in [-0.39, 0.29) is 30.2 Å². The number of aromatic nitrogens is 2. The summed E-state index contributed by atoms with van der Waals surface area (Å²) in [6, 6.07) is 0.241. The molecule has 0 unspecified atom stereocenters. The number of ether oxygens (including phenoxy) is 1. The molecule has 4 rings (SSSR count). The van der Waals surface area contributed by atoms with E-state index >= 15 is 0 Å². The van der Waals surface area contributed by atoms with Crippen molar-refractivity contribution in [3.05, 3.63) is 33.7 Å². The Kier molecular flexibility index (Phi) is 15.8. The minimum atomic E-state index is -0.608. The zero-order valence-electron chi connectivity index (χ0n) is 22.3. The Morgan fingerprint density at radius 3 is 2.12 bits per heavy atom. The van der Waals surface area contributed by atoms with Crippen LogP contribution in [0.1, 0.15) is 96.1 Å². The molecule has 0 bridgehead atoms. The van der Waals surface area contributed by atoms with Crippen LogP contribution < -0.4 is 10.3 Å². The summed E-state index contributed by atoms with van der Waals surface area (Å²) in [7, 11) is 1.00. The Hall–Kier alpha value is -2.45. The monoisotopic (exact) mass is 479 g/mol. The summed E-state index contributed by atoms with van der Waals surface area (Å²) >= 11 is 0. The molecule has 0 amide bonds. The molecule has 0 spiro atoms. The highest BCUT2D eigenvalue weighted by Crippen LogP contribution is 2.39. The van der Waals surface area contributed by atoms with E-state index in [1.807, 2.05) is 46.1 Å². The highest BCUT2D eigenvalue weighted by atomic mass is 16.5. The van der Waals surface area contributed by atoms with Crippen LogP contribution in [0.4, 0.5) is 5.82 Å². The van der Waals surface area contributed by atoms with Gasteiger partial charge in [-0.15, -0.1) is 0 Å². The van der Waals surface area contributed by atoms with E-state index in [2.05, 4.69) is 9.88 Å². The number of rotatable bonds is 5. The third-order valence-corrected chi connectivity index (χ3v) is 5.14. The van der Waals surface area contributed by atoms with Crippen LogP contribution >= 0.6 is 0 Å². The molecule has 8 nitrogen and oxygen atoms in total. The molecule has 0 aromatic carbocycles. The van der Waals surface area contributed by atoms with E-state index in [4.69, 9.17) is 9.84 Å². The Balaban J connectivity index is 0.00000124. The second-order valence-corrected chi connectivity index (χ2v) is 6.91. The fourth-order valence-electron chi connectivity index (χ4n) is 3.74. The second kappa shape index (κ2) is 17.1. The molecule has 1 saturated carbocycles. The molecule has 8 heteroatoms. The van der Waals surface area contributed by atoms with Gasteiger partial charge in [-0.2, -0.15) is 0 Å². The van der Waals surface area contributed by atoms with E-state index in [1.165, 1.54) is 0 Å². The van der Waals surface area contributed by atoms with E-state index in [1.54, 1.807) is 19.3 Å². The van der Waals surface area contributed by atoms with Gasteiger partial charge >= 0.3 is 5.97 Å². The van der Waals surface area contributed by atoms with E-state index < -0.39 is 5.97 Å². The first-order chi connectivity index (χ1) is 16.7. The quantitative estimate of drug-likeness (QED) is 0.600. The molecule has 2 aliphatic rings. The summed E-state index contributed by atoms with van der Waals surface area (Å²) < 4.78 is 7.01. The van der Waals surface area contributed by atoms with Gasteiger partial charge in [0, 0.05) is 44.2 Å². The largest absolute Gasteiger partial charge is 0.462 e. The highest BCUT2D eigenvalue weighted by molar-refractivity contribution is 5.95. The number of aliphatic hydroxyl groups excluding tert-OH is 2. The van der Waals surface area contributed by atoms with Crippen molar-refractivity contribution < 1.29 is 19.7 Å². The number of aliphatic hydroxyl groups is 2. The van der Waals surface area contributed by atoms with Crippen molar-refractivity contribution >= 4 is 22.7 Å². The maximum absolute atomic E-state index is 12.9. The van der Waals surface area contributed by atoms with Gasteiger partial charge in [0.25, 0.3) is 0 Å². The molecular weight excluding hydrogens is 434 g/mol. The first kappa shape index (κ1) is 31.6. The first-order valence-corrected chi connectivity index (χ1v) is 12.7. The van der Waals surface area contributed by atoms with Gasteiger partial charge in [-0.1, -0.05) is 41.5 Å². The van der Waals surface area contributed by atoms with Crippen LogP contribution in [0.2, 0.25) is 0 Å². The number of nitrogens with zero attached hydrogens (tertiary/aromatic N) is 3. The lowest BCUT2D eigenvalue weighted by molar-refractivity contribution is 0.0524. The smallest absolute Gasteiger partial charge is 0.343 e. The van der Waals surface area contributed by atoms with Crippen LogP contribution in [-0.4, -0.2) is 52.5 Å². The summed E-state index contributed by atoms with van der Waals surface area (Å²) in [6.45, 7) is 15.5. The van der Waals surface area contributed by atoms with E-state index in [0.29, 0.717) is 16.5 Å². The third kappa shape index (κ3) is 7.27. The molecule has 34 heavy (non-hydrogen) atoms. The topological polar surface area (TPSA) is 105 Å². The predicted octanol–water partition coefficient (Wildman–Crippen LogP) is 4.69. The van der Waals surface area contributed by atoms with E-state index in [0.717, 1.165) is 51.7 Å². The van der Waals surface area contributed by atoms with E-state index in [9.17, 15) is 14.7 Å². The Labute approximate surface area is 204 Å². The average molecular weight is 480 g/mol. The van der Waals surface area contributed by atoms with Crippen molar-refractivity contribution in [3.8, 4) is 0 Å². The summed E-state index contributed by atoms with van der Waals surface area (Å²) in [5.74, 6) is 0.137. The molecule has 1 saturated heterocycles. The Morgan fingerprint density at radius 2 is 1.65 bits per heavy atom. The van der Waals surface area contributed by atoms with Gasteiger partial charge in [-0.25, -0.2) is 9.78 Å². The minimum Gasteiger partial charge on any atom is -0.462 e. The Bertz CT molecular complexity index is 917. The molecule has 3 heterocycles. The van der Waals surface area contributed by atoms with Crippen LogP contribution in [0.5, 0.6) is 0 Å². The summed E-state index contributed by atoms with van der Waals surface area (Å²) in [6.07, 6.45) is 7.34. The van der Waals surface area contributed by atoms with Crippen molar-refractivity contribution in [1.29, 1.82) is 0 Å². The predicted molar refractivity (Wildman–Crippen MR) is 140 cm³/mol. The lowest BCUT2D eigenvalue weighted by Gasteiger charge is -2.22. The summed E-state index contributed by atoms with van der Waals surface area (Å²) in [5, 5.41) is 17.5. The van der Waals surface area contributed by atoms with Crippen molar-refractivity contribution in [2.45, 2.75) is 86.8 Å². The fourth-order valence-corrected chi connectivity index (χ4v) is 3.74. The van der Waals surface area contributed by atoms with Crippen LogP contribution in [0.25, 0.3) is 10.9 Å². The minimum absolute atomic E-state index is 0.0332. The number of fused-ring (bicyclic) bond motifs is 1. The summed E-state index contributed by atoms with van der Waals surface area (Å²) in [4.78, 5) is 31.8. The molecule has 2 N–H and O–H groups in total. The number of carbonyl (C=O) groups is 1. The van der Waals surface area contributed by atoms with Gasteiger partial charge in [0.2, 0.25) is 5.43 Å². The zero-order valence-corrected chi connectivity index (χ0v) is 22.3. The second-order valence-electron chi connectivity index (χ2n) is 6.91. The zero-order chi connectivity index (χ0) is 26.3. The van der Waals surface area contributed by atoms with Gasteiger partial charge < -0.3 is 24.4 Å². The standard InChI is InChI=1S/C19H23N3O4.3C2H6.CH4O/c1-2-26-19(25)14-10-22(12-5-6-12)16-13(17(14)24)9-20-18(15(16)11-23)21-7-3-4-8-21;4*1-2/h9-10,12,23H,2-8,11H2,1H3;3*1-2H3;2H,1H3. The number of hydrogen-bond donors (Lipinski definition) is 2. The molecule has 2 fully saturated rings. The average Bonchev–Trinajstić information content (AvgIpc) is 3.61. The van der Waals surface area contributed by atoms with Gasteiger partial charge in [-0.05, 0) is 32.6 Å².